The molecule has 0 aliphatic rings. The van der Waals surface area contributed by atoms with E-state index in [1.165, 1.54) is 19.1 Å². The predicted octanol–water partition coefficient (Wildman–Crippen LogP) is 3.59. The van der Waals surface area contributed by atoms with Crippen molar-refractivity contribution >= 4 is 134 Å². The minimum absolute atomic E-state index is 0. The molecule has 4 N–H and O–H groups in total. The van der Waals surface area contributed by atoms with Gasteiger partial charge in [-0.1, -0.05) is 29.8 Å². The van der Waals surface area contributed by atoms with Gasteiger partial charge >= 0.3 is 0 Å². The van der Waals surface area contributed by atoms with Gasteiger partial charge in [0.2, 0.25) is 15.0 Å². The normalized spacial score (nSPS) is 12.1. The van der Waals surface area contributed by atoms with Crippen LogP contribution in [0.15, 0.2) is 73.7 Å². The fourth-order valence-electron chi connectivity index (χ4n) is 3.51. The number of aromatic nitrogens is 2. The van der Waals surface area contributed by atoms with Gasteiger partial charge < -0.3 is 10.4 Å². The Balaban J connectivity index is 0.00000308. The van der Waals surface area contributed by atoms with Gasteiger partial charge in [0.05, 0.1) is 22.0 Å². The van der Waals surface area contributed by atoms with Crippen molar-refractivity contribution < 1.29 is 39.5 Å². The minimum atomic E-state index is -5.06. The van der Waals surface area contributed by atoms with E-state index in [4.69, 9.17) is 11.6 Å². The predicted molar refractivity (Wildman–Crippen MR) is 156 cm³/mol. The molecule has 0 saturated carbocycles. The Morgan fingerprint density at radius 3 is 2.05 bits per heavy atom. The number of aromatic hydroxyl groups is 1. The van der Waals surface area contributed by atoms with Crippen LogP contribution in [-0.2, 0) is 30.1 Å². The summed E-state index contributed by atoms with van der Waals surface area (Å²) in [5.41, 5.74) is -0.728. The molecule has 0 fully saturated rings. The largest absolute Gasteiger partial charge is 0.505 e. The van der Waals surface area contributed by atoms with Crippen molar-refractivity contribution in [2.45, 2.75) is 21.9 Å². The molecule has 42 heavy (non-hydrogen) atoms. The Morgan fingerprint density at radius 1 is 0.881 bits per heavy atom. The Hall–Kier alpha value is -1.74. The van der Waals surface area contributed by atoms with Crippen LogP contribution in [0.4, 0.5) is 22.9 Å². The van der Waals surface area contributed by atoms with Crippen LogP contribution < -0.4 is 5.32 Å². The summed E-state index contributed by atoms with van der Waals surface area (Å²) in [5, 5.41) is 20.1. The molecule has 0 unspecified atom stereocenters. The van der Waals surface area contributed by atoms with Crippen molar-refractivity contribution in [3.63, 3.8) is 0 Å². The zero-order chi connectivity index (χ0) is 29.6. The smallest absolute Gasteiger partial charge is 0.296 e. The summed E-state index contributed by atoms with van der Waals surface area (Å²) in [6, 6.07) is 10.5. The number of phenols is 1. The summed E-state index contributed by atoms with van der Waals surface area (Å²) in [6.45, 7) is 1.38. The van der Waals surface area contributed by atoms with E-state index in [1.807, 2.05) is 0 Å². The second kappa shape index (κ2) is 13.5. The van der Waals surface area contributed by atoms with Crippen molar-refractivity contribution in [1.82, 2.24) is 9.97 Å². The second-order valence-electron chi connectivity index (χ2n) is 8.28. The van der Waals surface area contributed by atoms with E-state index >= 15 is 0 Å². The first-order valence-electron chi connectivity index (χ1n) is 10.7. The number of halogens is 1. The average Bonchev–Trinajstić information content (AvgIpc) is 2.84. The number of sulfone groups is 1. The van der Waals surface area contributed by atoms with Gasteiger partial charge in [0.1, 0.15) is 15.6 Å². The number of nitrogens with one attached hydrogen (secondary N) is 1. The van der Waals surface area contributed by atoms with Crippen molar-refractivity contribution in [2.24, 2.45) is 10.2 Å². The first kappa shape index (κ1) is 36.5. The number of phenolic OH excluding ortho intramolecular Hbond substituents is 1. The molecule has 20 heteroatoms. The first-order chi connectivity index (χ1) is 18.5. The Labute approximate surface area is 289 Å². The number of anilines is 2. The van der Waals surface area contributed by atoms with Crippen molar-refractivity contribution in [3.8, 4) is 5.75 Å². The van der Waals surface area contributed by atoms with Gasteiger partial charge in [0.15, 0.2) is 11.6 Å². The van der Waals surface area contributed by atoms with Crippen molar-refractivity contribution in [1.29, 1.82) is 0 Å². The van der Waals surface area contributed by atoms with E-state index in [1.54, 1.807) is 18.2 Å². The molecule has 14 nitrogen and oxygen atoms in total. The van der Waals surface area contributed by atoms with Gasteiger partial charge in [0.25, 0.3) is 20.2 Å². The monoisotopic (exact) mass is 673 g/mol. The molecule has 2 radical (unpaired) electrons. The zero-order valence-electron chi connectivity index (χ0n) is 22.3. The van der Waals surface area contributed by atoms with Gasteiger partial charge in [-0.25, -0.2) is 13.4 Å². The summed E-state index contributed by atoms with van der Waals surface area (Å²) in [4.78, 5) is 6.00. The Kier molecular flexibility index (Phi) is 11.7. The Bertz CT molecular complexity index is 2050. The molecule has 0 atom stereocenters. The quantitative estimate of drug-likeness (QED) is 0.0955. The number of fused-ring (bicyclic) bond motifs is 1. The third-order valence-electron chi connectivity index (χ3n) is 5.30. The standard InChI is InChI=1S/C22H18ClN5O9S3.2Na/c1-11-18(23)21(26-22(24-11)38(2,30)31)25-15-10-14(39(32,33)34)8-12-9-16(40(35,36)37)19(20(29)17(12)15)28-27-13-6-4-3-5-7-13;;/h3-10,29H,1-2H3,(H,24,25,26)(H,32,33,34)(H,35,36,37);;. The molecule has 1 heterocycles. The number of nitrogens with zero attached hydrogens (tertiary/aromatic N) is 4. The SMILES string of the molecule is Cc1nc(S(C)(=O)=O)nc(Nc2cc(S(=O)(=O)O)cc3cc(S(=O)(=O)O)c(N=Nc4ccccc4)c(O)c23)c1Cl.[Na].[Na]. The van der Waals surface area contributed by atoms with E-state index in [0.717, 1.165) is 24.5 Å². The molecular formula is C22H18ClN5Na2O9S3. The first-order valence-corrected chi connectivity index (χ1v) is 15.9. The van der Waals surface area contributed by atoms with Crippen LogP contribution in [0.2, 0.25) is 5.02 Å². The van der Waals surface area contributed by atoms with Crippen LogP contribution in [0.1, 0.15) is 5.69 Å². The van der Waals surface area contributed by atoms with Crippen LogP contribution in [0, 0.1) is 6.92 Å². The third-order valence-corrected chi connectivity index (χ3v) is 8.30. The number of hydrogen-bond acceptors (Lipinski definition) is 12. The summed E-state index contributed by atoms with van der Waals surface area (Å²) in [6.07, 6.45) is 0.848. The molecule has 0 bridgehead atoms. The minimum Gasteiger partial charge on any atom is -0.505 e. The number of benzene rings is 3. The number of azo groups is 1. The van der Waals surface area contributed by atoms with Crippen LogP contribution >= 0.6 is 11.6 Å². The zero-order valence-corrected chi connectivity index (χ0v) is 29.5. The van der Waals surface area contributed by atoms with Gasteiger partial charge in [-0.2, -0.15) is 26.9 Å². The maximum Gasteiger partial charge on any atom is 0.296 e. The van der Waals surface area contributed by atoms with Gasteiger partial charge in [-0.15, -0.1) is 5.11 Å². The molecule has 0 spiro atoms. The molecule has 0 amide bonds. The van der Waals surface area contributed by atoms with Gasteiger partial charge in [0, 0.05) is 70.8 Å². The number of rotatable bonds is 7. The topological polar surface area (TPSA) is 226 Å². The van der Waals surface area contributed by atoms with Gasteiger partial charge in [-0.3, -0.25) is 9.11 Å². The Morgan fingerprint density at radius 2 is 1.50 bits per heavy atom. The molecule has 212 valence electrons. The van der Waals surface area contributed by atoms with E-state index < -0.39 is 56.5 Å². The van der Waals surface area contributed by atoms with E-state index in [-0.39, 0.29) is 97.8 Å². The maximum absolute atomic E-state index is 12.2. The molecule has 4 aromatic rings. The number of hydrogen-bond donors (Lipinski definition) is 4. The molecular weight excluding hydrogens is 656 g/mol. The number of aryl methyl sites for hydroxylation is 1. The van der Waals surface area contributed by atoms with E-state index in [9.17, 15) is 39.5 Å². The molecule has 4 rings (SSSR count). The molecule has 0 aliphatic carbocycles. The third kappa shape index (κ3) is 8.04. The molecule has 1 aromatic heterocycles. The van der Waals surface area contributed by atoms with Crippen LogP contribution in [0.5, 0.6) is 5.75 Å². The van der Waals surface area contributed by atoms with Gasteiger partial charge in [-0.05, 0) is 42.6 Å². The van der Waals surface area contributed by atoms with Crippen LogP contribution in [0.3, 0.4) is 0 Å². The van der Waals surface area contributed by atoms with E-state index in [0.29, 0.717) is 0 Å². The summed E-state index contributed by atoms with van der Waals surface area (Å²) < 4.78 is 92.1. The molecule has 0 saturated heterocycles. The molecule has 3 aromatic carbocycles. The van der Waals surface area contributed by atoms with Crippen LogP contribution in [0.25, 0.3) is 10.8 Å². The fraction of sp³-hybridized carbons (Fsp3) is 0.0909. The summed E-state index contributed by atoms with van der Waals surface area (Å²) in [5.74, 6) is -1.20. The summed E-state index contributed by atoms with van der Waals surface area (Å²) >= 11 is 6.26. The van der Waals surface area contributed by atoms with Crippen molar-refractivity contribution in [3.05, 3.63) is 59.2 Å². The van der Waals surface area contributed by atoms with Crippen LogP contribution in [-0.4, -0.2) is 115 Å². The van der Waals surface area contributed by atoms with E-state index in [2.05, 4.69) is 25.5 Å². The summed E-state index contributed by atoms with van der Waals surface area (Å²) in [7, 11) is -13.9. The molecule has 0 aliphatic heterocycles. The average molecular weight is 674 g/mol. The fourth-order valence-corrected chi connectivity index (χ4v) is 5.40. The maximum atomic E-state index is 12.2. The van der Waals surface area contributed by atoms with Crippen molar-refractivity contribution in [2.75, 3.05) is 11.6 Å². The second-order valence-corrected chi connectivity index (χ2v) is 13.4.